The SMILES string of the molecule is Cc1ccc(S(=O)(=O)OCC(COCC(COCC(CO)OCc2ccccc2)OCc2ccccc2)OCc2ccccc2)cc1. The van der Waals surface area contributed by atoms with Crippen LogP contribution in [0.15, 0.2) is 120 Å². The molecule has 0 aliphatic carbocycles. The molecule has 0 aliphatic rings. The highest BCUT2D eigenvalue weighted by molar-refractivity contribution is 7.86. The van der Waals surface area contributed by atoms with Gasteiger partial charge in [0.05, 0.1) is 64.4 Å². The molecule has 10 heteroatoms. The first-order valence-electron chi connectivity index (χ1n) is 15.6. The highest BCUT2D eigenvalue weighted by atomic mass is 32.2. The van der Waals surface area contributed by atoms with E-state index in [4.69, 9.17) is 27.9 Å². The summed E-state index contributed by atoms with van der Waals surface area (Å²) < 4.78 is 61.1. The van der Waals surface area contributed by atoms with Crippen molar-refractivity contribution in [2.45, 2.75) is 50.0 Å². The molecule has 0 heterocycles. The van der Waals surface area contributed by atoms with Gasteiger partial charge in [0.25, 0.3) is 10.1 Å². The third kappa shape index (κ3) is 13.7. The van der Waals surface area contributed by atoms with Crippen LogP contribution < -0.4 is 0 Å². The number of rotatable bonds is 22. The Kier molecular flexibility index (Phi) is 15.5. The van der Waals surface area contributed by atoms with E-state index in [-0.39, 0.29) is 51.1 Å². The summed E-state index contributed by atoms with van der Waals surface area (Å²) in [6.07, 6.45) is -1.65. The van der Waals surface area contributed by atoms with Crippen LogP contribution in [-0.4, -0.2) is 71.5 Å². The highest BCUT2D eigenvalue weighted by Gasteiger charge is 2.21. The quantitative estimate of drug-likeness (QED) is 0.109. The lowest BCUT2D eigenvalue weighted by molar-refractivity contribution is -0.108. The third-order valence-electron chi connectivity index (χ3n) is 7.12. The predicted octanol–water partition coefficient (Wildman–Crippen LogP) is 5.48. The molecule has 0 aromatic heterocycles. The average Bonchev–Trinajstić information content (AvgIpc) is 3.10. The normalized spacial score (nSPS) is 13.7. The Bertz CT molecular complexity index is 1500. The average molecular weight is 665 g/mol. The zero-order chi connectivity index (χ0) is 33.2. The van der Waals surface area contributed by atoms with Crippen LogP contribution >= 0.6 is 0 Å². The fourth-order valence-electron chi connectivity index (χ4n) is 4.41. The number of aryl methyl sites for hydroxylation is 1. The van der Waals surface area contributed by atoms with Gasteiger partial charge in [-0.25, -0.2) is 0 Å². The van der Waals surface area contributed by atoms with Gasteiger partial charge in [-0.05, 0) is 35.7 Å². The van der Waals surface area contributed by atoms with Crippen molar-refractivity contribution in [3.8, 4) is 0 Å². The molecule has 0 radical (unpaired) electrons. The van der Waals surface area contributed by atoms with Crippen LogP contribution in [0.3, 0.4) is 0 Å². The number of hydrogen-bond donors (Lipinski definition) is 1. The van der Waals surface area contributed by atoms with Crippen molar-refractivity contribution < 1.29 is 41.4 Å². The van der Waals surface area contributed by atoms with Gasteiger partial charge in [-0.2, -0.15) is 8.42 Å². The summed E-state index contributed by atoms with van der Waals surface area (Å²) in [4.78, 5) is 0.0753. The molecule has 0 amide bonds. The van der Waals surface area contributed by atoms with E-state index in [0.717, 1.165) is 22.3 Å². The molecular weight excluding hydrogens is 620 g/mol. The summed E-state index contributed by atoms with van der Waals surface area (Å²) in [5, 5.41) is 9.82. The van der Waals surface area contributed by atoms with E-state index in [1.165, 1.54) is 12.1 Å². The van der Waals surface area contributed by atoms with E-state index in [1.54, 1.807) is 12.1 Å². The van der Waals surface area contributed by atoms with Gasteiger partial charge in [-0.1, -0.05) is 109 Å². The smallest absolute Gasteiger partial charge is 0.297 e. The van der Waals surface area contributed by atoms with Gasteiger partial charge in [-0.3, -0.25) is 4.18 Å². The third-order valence-corrected chi connectivity index (χ3v) is 8.42. The first-order valence-corrected chi connectivity index (χ1v) is 17.0. The van der Waals surface area contributed by atoms with Crippen LogP contribution in [0.25, 0.3) is 0 Å². The minimum absolute atomic E-state index is 0.0564. The minimum atomic E-state index is -3.99. The Balaban J connectivity index is 1.33. The van der Waals surface area contributed by atoms with E-state index in [2.05, 4.69) is 0 Å². The second kappa shape index (κ2) is 20.0. The molecule has 4 aromatic carbocycles. The van der Waals surface area contributed by atoms with E-state index >= 15 is 0 Å². The number of ether oxygens (including phenoxy) is 5. The summed E-state index contributed by atoms with van der Waals surface area (Å²) in [6, 6.07) is 35.5. The Labute approximate surface area is 278 Å². The zero-order valence-corrected chi connectivity index (χ0v) is 27.5. The van der Waals surface area contributed by atoms with Crippen molar-refractivity contribution in [2.24, 2.45) is 0 Å². The van der Waals surface area contributed by atoms with Crippen LogP contribution in [0.5, 0.6) is 0 Å². The summed E-state index contributed by atoms with van der Waals surface area (Å²) in [5.74, 6) is 0. The lowest BCUT2D eigenvalue weighted by Gasteiger charge is -2.23. The molecule has 1 N–H and O–H groups in total. The van der Waals surface area contributed by atoms with Crippen molar-refractivity contribution in [2.75, 3.05) is 39.6 Å². The van der Waals surface area contributed by atoms with E-state index < -0.39 is 28.4 Å². The molecule has 3 unspecified atom stereocenters. The van der Waals surface area contributed by atoms with Crippen molar-refractivity contribution in [1.82, 2.24) is 0 Å². The maximum Gasteiger partial charge on any atom is 0.297 e. The second-order valence-electron chi connectivity index (χ2n) is 11.1. The van der Waals surface area contributed by atoms with Crippen LogP contribution in [-0.2, 0) is 57.8 Å². The van der Waals surface area contributed by atoms with Crippen molar-refractivity contribution in [3.63, 3.8) is 0 Å². The van der Waals surface area contributed by atoms with Gasteiger partial charge >= 0.3 is 0 Å². The molecular formula is C37H44O9S. The molecule has 0 fully saturated rings. The molecule has 0 spiro atoms. The van der Waals surface area contributed by atoms with Gasteiger partial charge in [0.2, 0.25) is 0 Å². The Morgan fingerprint density at radius 2 is 0.915 bits per heavy atom. The fraction of sp³-hybridized carbons (Fsp3) is 0.351. The summed E-state index contributed by atoms with van der Waals surface area (Å²) >= 11 is 0. The molecule has 252 valence electrons. The standard InChI is InChI=1S/C37H44O9S/c1-30-17-19-37(20-18-30)47(39,40)46-29-36(45-24-33-15-9-4-10-16-33)28-42-27-35(44-23-32-13-7-3-8-14-32)26-41-25-34(21-38)43-22-31-11-5-2-6-12-31/h2-20,34-36,38H,21-29H2,1H3. The Morgan fingerprint density at radius 3 is 1.34 bits per heavy atom. The first kappa shape index (κ1) is 36.4. The van der Waals surface area contributed by atoms with Gasteiger partial charge in [0.15, 0.2) is 0 Å². The van der Waals surface area contributed by atoms with Crippen LogP contribution in [0.2, 0.25) is 0 Å². The largest absolute Gasteiger partial charge is 0.394 e. The number of aliphatic hydroxyl groups excluding tert-OH is 1. The van der Waals surface area contributed by atoms with Gasteiger partial charge in [-0.15, -0.1) is 0 Å². The fourth-order valence-corrected chi connectivity index (χ4v) is 5.34. The van der Waals surface area contributed by atoms with Gasteiger partial charge < -0.3 is 28.8 Å². The minimum Gasteiger partial charge on any atom is -0.394 e. The van der Waals surface area contributed by atoms with Crippen LogP contribution in [0, 0.1) is 6.92 Å². The molecule has 3 atom stereocenters. The topological polar surface area (TPSA) is 110 Å². The molecule has 4 rings (SSSR count). The molecule has 0 bridgehead atoms. The Morgan fingerprint density at radius 1 is 0.532 bits per heavy atom. The van der Waals surface area contributed by atoms with Gasteiger partial charge in [0, 0.05) is 0 Å². The first-order chi connectivity index (χ1) is 22.9. The van der Waals surface area contributed by atoms with Crippen LogP contribution in [0.4, 0.5) is 0 Å². The molecule has 0 saturated heterocycles. The summed E-state index contributed by atoms with van der Waals surface area (Å²) in [5.41, 5.74) is 3.88. The van der Waals surface area contributed by atoms with Crippen molar-refractivity contribution >= 4 is 10.1 Å². The number of hydrogen-bond acceptors (Lipinski definition) is 9. The zero-order valence-electron chi connectivity index (χ0n) is 26.7. The van der Waals surface area contributed by atoms with E-state index in [0.29, 0.717) is 13.2 Å². The molecule has 4 aromatic rings. The van der Waals surface area contributed by atoms with Crippen molar-refractivity contribution in [1.29, 1.82) is 0 Å². The second-order valence-corrected chi connectivity index (χ2v) is 12.7. The van der Waals surface area contributed by atoms with Crippen LogP contribution in [0.1, 0.15) is 22.3 Å². The lowest BCUT2D eigenvalue weighted by atomic mass is 10.2. The highest BCUT2D eigenvalue weighted by Crippen LogP contribution is 2.15. The predicted molar refractivity (Wildman–Crippen MR) is 178 cm³/mol. The maximum absolute atomic E-state index is 12.9. The van der Waals surface area contributed by atoms with E-state index in [9.17, 15) is 13.5 Å². The molecule has 0 saturated carbocycles. The molecule has 9 nitrogen and oxygen atoms in total. The number of aliphatic hydroxyl groups is 1. The Hall–Kier alpha value is -3.45. The van der Waals surface area contributed by atoms with Gasteiger partial charge in [0.1, 0.15) is 18.3 Å². The monoisotopic (exact) mass is 664 g/mol. The number of benzene rings is 4. The lowest BCUT2D eigenvalue weighted by Crippen LogP contribution is -2.33. The summed E-state index contributed by atoms with van der Waals surface area (Å²) in [7, 11) is -3.99. The maximum atomic E-state index is 12.9. The molecule has 0 aliphatic heterocycles. The molecule has 47 heavy (non-hydrogen) atoms. The van der Waals surface area contributed by atoms with Crippen molar-refractivity contribution in [3.05, 3.63) is 138 Å². The van der Waals surface area contributed by atoms with E-state index in [1.807, 2.05) is 97.9 Å². The summed E-state index contributed by atoms with van der Waals surface area (Å²) in [6.45, 7) is 2.99.